The lowest BCUT2D eigenvalue weighted by Crippen LogP contribution is -2.02. The number of methoxy groups -OCH3 is 1. The van der Waals surface area contributed by atoms with Gasteiger partial charge in [-0.25, -0.2) is 0 Å². The normalized spacial score (nSPS) is 10.9. The molecule has 0 radical (unpaired) electrons. The first kappa shape index (κ1) is 15.2. The number of aliphatic carboxylic acids is 1. The van der Waals surface area contributed by atoms with Crippen LogP contribution in [0.5, 0.6) is 5.75 Å². The van der Waals surface area contributed by atoms with Gasteiger partial charge in [0.1, 0.15) is 5.75 Å². The summed E-state index contributed by atoms with van der Waals surface area (Å²) in [6.45, 7) is 4.05. The van der Waals surface area contributed by atoms with E-state index in [1.807, 2.05) is 44.2 Å². The Bertz CT molecular complexity index is 893. The largest absolute Gasteiger partial charge is 0.496 e. The average molecular weight is 309 g/mol. The van der Waals surface area contributed by atoms with Crippen LogP contribution in [0.2, 0.25) is 0 Å². The molecule has 0 saturated carbocycles. The topological polar surface area (TPSA) is 62.3 Å². The molecular weight excluding hydrogens is 290 g/mol. The minimum absolute atomic E-state index is 0.0305. The monoisotopic (exact) mass is 309 g/mol. The number of nitrogens with one attached hydrogen (secondary N) is 1. The van der Waals surface area contributed by atoms with E-state index in [2.05, 4.69) is 11.1 Å². The van der Waals surface area contributed by atoms with E-state index in [1.54, 1.807) is 7.11 Å². The number of fused-ring (bicyclic) bond motifs is 1. The van der Waals surface area contributed by atoms with Crippen molar-refractivity contribution in [2.75, 3.05) is 7.11 Å². The average Bonchev–Trinajstić information content (AvgIpc) is 2.84. The summed E-state index contributed by atoms with van der Waals surface area (Å²) in [5.41, 5.74) is 5.67. The Hall–Kier alpha value is -2.75. The van der Waals surface area contributed by atoms with Gasteiger partial charge in [0.05, 0.1) is 19.2 Å². The van der Waals surface area contributed by atoms with Gasteiger partial charge in [0.2, 0.25) is 0 Å². The zero-order valence-electron chi connectivity index (χ0n) is 13.4. The van der Waals surface area contributed by atoms with Gasteiger partial charge in [-0.2, -0.15) is 0 Å². The third-order valence-corrected chi connectivity index (χ3v) is 4.05. The number of carboxylic acid groups (broad SMARTS) is 1. The van der Waals surface area contributed by atoms with Crippen LogP contribution in [0.4, 0.5) is 0 Å². The number of para-hydroxylation sites is 1. The summed E-state index contributed by atoms with van der Waals surface area (Å²) in [4.78, 5) is 14.8. The predicted octanol–water partition coefficient (Wildman–Crippen LogP) is 4.09. The van der Waals surface area contributed by atoms with E-state index in [9.17, 15) is 9.90 Å². The third-order valence-electron chi connectivity index (χ3n) is 4.05. The molecule has 0 aliphatic carbocycles. The lowest BCUT2D eigenvalue weighted by molar-refractivity contribution is -0.136. The minimum atomic E-state index is -0.845. The van der Waals surface area contributed by atoms with Gasteiger partial charge in [-0.1, -0.05) is 18.2 Å². The maximum Gasteiger partial charge on any atom is 0.307 e. The standard InChI is InChI=1S/C19H19NO3/c1-11-8-12(2)18-14(10-17(21)22)19(20-15(18)9-11)13-6-4-5-7-16(13)23-3/h4-9,20H,10H2,1-3H3,(H,21,22). The van der Waals surface area contributed by atoms with Crippen molar-refractivity contribution >= 4 is 16.9 Å². The summed E-state index contributed by atoms with van der Waals surface area (Å²) < 4.78 is 5.44. The molecule has 0 aliphatic heterocycles. The summed E-state index contributed by atoms with van der Waals surface area (Å²) in [6, 6.07) is 11.8. The van der Waals surface area contributed by atoms with E-state index in [0.29, 0.717) is 0 Å². The Morgan fingerprint density at radius 2 is 1.96 bits per heavy atom. The zero-order chi connectivity index (χ0) is 16.6. The molecule has 23 heavy (non-hydrogen) atoms. The Morgan fingerprint density at radius 1 is 1.22 bits per heavy atom. The first-order valence-electron chi connectivity index (χ1n) is 7.48. The molecule has 2 aromatic carbocycles. The van der Waals surface area contributed by atoms with E-state index >= 15 is 0 Å². The van der Waals surface area contributed by atoms with Crippen molar-refractivity contribution in [3.63, 3.8) is 0 Å². The molecule has 2 N–H and O–H groups in total. The van der Waals surface area contributed by atoms with Gasteiger partial charge in [0, 0.05) is 16.5 Å². The van der Waals surface area contributed by atoms with Gasteiger partial charge in [-0.3, -0.25) is 4.79 Å². The SMILES string of the molecule is COc1ccccc1-c1[nH]c2cc(C)cc(C)c2c1CC(=O)O. The number of carboxylic acids is 1. The molecule has 3 aromatic rings. The van der Waals surface area contributed by atoms with E-state index < -0.39 is 5.97 Å². The molecule has 118 valence electrons. The minimum Gasteiger partial charge on any atom is -0.496 e. The second-order valence-electron chi connectivity index (χ2n) is 5.75. The molecular formula is C19H19NO3. The van der Waals surface area contributed by atoms with Crippen LogP contribution in [-0.4, -0.2) is 23.2 Å². The molecule has 0 saturated heterocycles. The molecule has 0 amide bonds. The summed E-state index contributed by atoms with van der Waals surface area (Å²) in [5.74, 6) is -0.123. The molecule has 1 aromatic heterocycles. The van der Waals surface area contributed by atoms with Crippen LogP contribution in [0.25, 0.3) is 22.2 Å². The number of hydrogen-bond acceptors (Lipinski definition) is 2. The van der Waals surface area contributed by atoms with Crippen molar-refractivity contribution in [1.82, 2.24) is 4.98 Å². The van der Waals surface area contributed by atoms with Crippen molar-refractivity contribution in [1.29, 1.82) is 0 Å². The van der Waals surface area contributed by atoms with E-state index in [1.165, 1.54) is 0 Å². The summed E-state index contributed by atoms with van der Waals surface area (Å²) >= 11 is 0. The van der Waals surface area contributed by atoms with Crippen LogP contribution >= 0.6 is 0 Å². The highest BCUT2D eigenvalue weighted by Gasteiger charge is 2.19. The summed E-state index contributed by atoms with van der Waals surface area (Å²) in [6.07, 6.45) is -0.0305. The van der Waals surface area contributed by atoms with Crippen LogP contribution in [0.1, 0.15) is 16.7 Å². The quantitative estimate of drug-likeness (QED) is 0.763. The number of aryl methyl sites for hydroxylation is 2. The second kappa shape index (κ2) is 5.80. The maximum atomic E-state index is 11.4. The van der Waals surface area contributed by atoms with Crippen molar-refractivity contribution in [2.24, 2.45) is 0 Å². The van der Waals surface area contributed by atoms with Crippen molar-refractivity contribution in [2.45, 2.75) is 20.3 Å². The second-order valence-corrected chi connectivity index (χ2v) is 5.75. The Balaban J connectivity index is 2.35. The number of H-pyrrole nitrogens is 1. The Morgan fingerprint density at radius 3 is 2.65 bits per heavy atom. The molecule has 4 nitrogen and oxygen atoms in total. The molecule has 3 rings (SSSR count). The highest BCUT2D eigenvalue weighted by molar-refractivity contribution is 5.97. The number of benzene rings is 2. The van der Waals surface area contributed by atoms with Gasteiger partial charge in [0.15, 0.2) is 0 Å². The van der Waals surface area contributed by atoms with Crippen molar-refractivity contribution in [3.8, 4) is 17.0 Å². The number of ether oxygens (including phenoxy) is 1. The highest BCUT2D eigenvalue weighted by Crippen LogP contribution is 2.37. The smallest absolute Gasteiger partial charge is 0.307 e. The molecule has 0 atom stereocenters. The Kier molecular flexibility index (Phi) is 3.82. The molecule has 0 spiro atoms. The number of carbonyl (C=O) groups is 1. The van der Waals surface area contributed by atoms with Crippen LogP contribution in [-0.2, 0) is 11.2 Å². The van der Waals surface area contributed by atoms with Crippen LogP contribution < -0.4 is 4.74 Å². The van der Waals surface area contributed by atoms with Gasteiger partial charge in [0.25, 0.3) is 0 Å². The lowest BCUT2D eigenvalue weighted by atomic mass is 9.98. The van der Waals surface area contributed by atoms with Crippen LogP contribution in [0.3, 0.4) is 0 Å². The van der Waals surface area contributed by atoms with Crippen molar-refractivity contribution < 1.29 is 14.6 Å². The van der Waals surface area contributed by atoms with E-state index in [4.69, 9.17) is 4.74 Å². The Labute approximate surface area is 134 Å². The van der Waals surface area contributed by atoms with Crippen LogP contribution in [0, 0.1) is 13.8 Å². The van der Waals surface area contributed by atoms with E-state index in [0.717, 1.165) is 44.6 Å². The van der Waals surface area contributed by atoms with Gasteiger partial charge in [-0.05, 0) is 48.7 Å². The molecule has 0 fully saturated rings. The molecule has 0 unspecified atom stereocenters. The fourth-order valence-electron chi connectivity index (χ4n) is 3.21. The molecule has 0 aliphatic rings. The number of aromatic nitrogens is 1. The van der Waals surface area contributed by atoms with Crippen LogP contribution in [0.15, 0.2) is 36.4 Å². The number of rotatable bonds is 4. The van der Waals surface area contributed by atoms with E-state index in [-0.39, 0.29) is 6.42 Å². The predicted molar refractivity (Wildman–Crippen MR) is 91.1 cm³/mol. The lowest BCUT2D eigenvalue weighted by Gasteiger charge is -2.09. The first-order valence-corrected chi connectivity index (χ1v) is 7.48. The fraction of sp³-hybridized carbons (Fsp3) is 0.211. The van der Waals surface area contributed by atoms with Gasteiger partial charge < -0.3 is 14.8 Å². The van der Waals surface area contributed by atoms with Gasteiger partial charge >= 0.3 is 5.97 Å². The molecule has 0 bridgehead atoms. The first-order chi connectivity index (χ1) is 11.0. The number of hydrogen-bond donors (Lipinski definition) is 2. The molecule has 4 heteroatoms. The molecule has 1 heterocycles. The number of aromatic amines is 1. The summed E-state index contributed by atoms with van der Waals surface area (Å²) in [5, 5.41) is 10.3. The highest BCUT2D eigenvalue weighted by atomic mass is 16.5. The van der Waals surface area contributed by atoms with Gasteiger partial charge in [-0.15, -0.1) is 0 Å². The third kappa shape index (κ3) is 2.68. The maximum absolute atomic E-state index is 11.4. The zero-order valence-corrected chi connectivity index (χ0v) is 13.4. The fourth-order valence-corrected chi connectivity index (χ4v) is 3.21. The van der Waals surface area contributed by atoms with Crippen molar-refractivity contribution in [3.05, 3.63) is 53.1 Å². The summed E-state index contributed by atoms with van der Waals surface area (Å²) in [7, 11) is 1.62.